The van der Waals surface area contributed by atoms with Gasteiger partial charge in [-0.1, -0.05) is 23.2 Å². The molecule has 0 radical (unpaired) electrons. The summed E-state index contributed by atoms with van der Waals surface area (Å²) in [5, 5.41) is 6.35. The van der Waals surface area contributed by atoms with Crippen LogP contribution >= 0.6 is 35.0 Å². The largest absolute Gasteiger partial charge is 0.464 e. The molecule has 0 aliphatic rings. The fraction of sp³-hybridized carbons (Fsp3) is 0.429. The number of rotatable bonds is 7. The minimum absolute atomic E-state index is 0.0169. The first-order valence-electron chi connectivity index (χ1n) is 6.77. The molecule has 1 unspecified atom stereocenters. The van der Waals surface area contributed by atoms with Crippen molar-refractivity contribution in [2.45, 2.75) is 19.1 Å². The van der Waals surface area contributed by atoms with Crippen LogP contribution in [0.3, 0.4) is 0 Å². The number of benzene rings is 1. The monoisotopic (exact) mass is 416 g/mol. The normalized spacial score (nSPS) is 13.1. The number of hydrogen-bond donors (Lipinski definition) is 0. The van der Waals surface area contributed by atoms with Crippen molar-refractivity contribution in [1.29, 1.82) is 0 Å². The number of Topliss-reactive ketones (excluding diaryl/α,β-unsaturated/α-hetero) is 1. The summed E-state index contributed by atoms with van der Waals surface area (Å²) < 4.78 is 42.8. The van der Waals surface area contributed by atoms with Gasteiger partial charge in [-0.25, -0.2) is 4.79 Å². The van der Waals surface area contributed by atoms with Crippen LogP contribution in [0, 0.1) is 0 Å². The number of thioether (sulfide) groups is 1. The Morgan fingerprint density at radius 1 is 1.28 bits per heavy atom. The third kappa shape index (κ3) is 6.16. The predicted octanol–water partition coefficient (Wildman–Crippen LogP) is 4.96. The topological polar surface area (TPSA) is 68.1 Å². The molecule has 0 aromatic heterocycles. The van der Waals surface area contributed by atoms with Crippen molar-refractivity contribution < 1.29 is 27.5 Å². The van der Waals surface area contributed by atoms with Crippen molar-refractivity contribution in [2.75, 3.05) is 18.6 Å². The van der Waals surface area contributed by atoms with Crippen LogP contribution in [-0.2, 0) is 20.5 Å². The van der Waals surface area contributed by atoms with Crippen LogP contribution < -0.4 is 0 Å². The molecule has 1 rings (SSSR count). The Kier molecular flexibility index (Phi) is 8.17. The fourth-order valence-corrected chi connectivity index (χ4v) is 2.63. The molecular formula is C14H13Cl2F3N2O3S. The van der Waals surface area contributed by atoms with E-state index in [4.69, 9.17) is 27.9 Å². The molecule has 25 heavy (non-hydrogen) atoms. The lowest BCUT2D eigenvalue weighted by Crippen LogP contribution is -2.31. The van der Waals surface area contributed by atoms with E-state index in [1.54, 1.807) is 13.2 Å². The molecule has 0 fully saturated rings. The summed E-state index contributed by atoms with van der Waals surface area (Å²) in [6.07, 6.45) is -2.98. The number of ketones is 1. The van der Waals surface area contributed by atoms with Gasteiger partial charge in [-0.05, 0) is 25.3 Å². The van der Waals surface area contributed by atoms with Gasteiger partial charge in [0.2, 0.25) is 6.04 Å². The number of hydrogen-bond acceptors (Lipinski definition) is 6. The van der Waals surface area contributed by atoms with Crippen LogP contribution in [0.5, 0.6) is 0 Å². The van der Waals surface area contributed by atoms with Crippen molar-refractivity contribution in [2.24, 2.45) is 10.2 Å². The highest BCUT2D eigenvalue weighted by molar-refractivity contribution is 7.99. The van der Waals surface area contributed by atoms with Gasteiger partial charge in [-0.3, -0.25) is 4.79 Å². The number of nitrogens with zero attached hydrogens (tertiary/aromatic N) is 2. The summed E-state index contributed by atoms with van der Waals surface area (Å²) in [5.41, 5.74) is -1.33. The Balaban J connectivity index is 3.19. The van der Waals surface area contributed by atoms with Gasteiger partial charge >= 0.3 is 12.1 Å². The van der Waals surface area contributed by atoms with E-state index in [2.05, 4.69) is 10.2 Å². The molecular weight excluding hydrogens is 404 g/mol. The number of carbonyl (C=O) groups excluding carboxylic acids is 2. The summed E-state index contributed by atoms with van der Waals surface area (Å²) >= 11 is 12.7. The van der Waals surface area contributed by atoms with Crippen LogP contribution in [0.1, 0.15) is 12.5 Å². The molecule has 0 heterocycles. The Hall–Kier alpha value is -1.32. The van der Waals surface area contributed by atoms with Gasteiger partial charge in [0, 0.05) is 0 Å². The zero-order valence-electron chi connectivity index (χ0n) is 13.1. The van der Waals surface area contributed by atoms with Gasteiger partial charge in [0.05, 0.1) is 28.0 Å². The van der Waals surface area contributed by atoms with E-state index < -0.39 is 39.6 Å². The van der Waals surface area contributed by atoms with E-state index >= 15 is 0 Å². The van der Waals surface area contributed by atoms with Gasteiger partial charge in [-0.2, -0.15) is 35.2 Å². The lowest BCUT2D eigenvalue weighted by Gasteiger charge is -2.11. The first-order valence-corrected chi connectivity index (χ1v) is 8.92. The Morgan fingerprint density at radius 2 is 1.84 bits per heavy atom. The quantitative estimate of drug-likeness (QED) is 0.357. The Labute approximate surface area is 155 Å². The molecule has 1 atom stereocenters. The number of alkyl halides is 3. The zero-order valence-corrected chi connectivity index (χ0v) is 15.4. The molecule has 0 bridgehead atoms. The number of carbonyl (C=O) groups is 2. The molecule has 0 N–H and O–H groups in total. The van der Waals surface area contributed by atoms with Crippen LogP contribution in [0.4, 0.5) is 18.9 Å². The number of azo groups is 1. The maximum absolute atomic E-state index is 12.7. The molecule has 138 valence electrons. The van der Waals surface area contributed by atoms with Gasteiger partial charge in [-0.15, -0.1) is 0 Å². The average molecular weight is 417 g/mol. The highest BCUT2D eigenvalue weighted by Gasteiger charge is 2.32. The smallest absolute Gasteiger partial charge is 0.416 e. The highest BCUT2D eigenvalue weighted by Crippen LogP contribution is 2.40. The van der Waals surface area contributed by atoms with E-state index in [0.717, 1.165) is 0 Å². The second-order valence-electron chi connectivity index (χ2n) is 4.56. The van der Waals surface area contributed by atoms with Crippen molar-refractivity contribution in [3.8, 4) is 0 Å². The molecule has 11 heteroatoms. The summed E-state index contributed by atoms with van der Waals surface area (Å²) in [7, 11) is 0. The molecule has 0 saturated heterocycles. The summed E-state index contributed by atoms with van der Waals surface area (Å²) in [4.78, 5) is 23.8. The predicted molar refractivity (Wildman–Crippen MR) is 89.8 cm³/mol. The minimum Gasteiger partial charge on any atom is -0.464 e. The van der Waals surface area contributed by atoms with Crippen molar-refractivity contribution in [3.63, 3.8) is 0 Å². The van der Waals surface area contributed by atoms with Crippen LogP contribution in [0.25, 0.3) is 0 Å². The van der Waals surface area contributed by atoms with Gasteiger partial charge in [0.15, 0.2) is 5.78 Å². The van der Waals surface area contributed by atoms with Crippen molar-refractivity contribution >= 4 is 52.4 Å². The van der Waals surface area contributed by atoms with Crippen LogP contribution in [0.2, 0.25) is 10.0 Å². The first kappa shape index (κ1) is 21.7. The summed E-state index contributed by atoms with van der Waals surface area (Å²) in [6.45, 7) is 1.58. The lowest BCUT2D eigenvalue weighted by atomic mass is 10.2. The molecule has 1 aromatic rings. The number of halogens is 5. The molecule has 5 nitrogen and oxygen atoms in total. The van der Waals surface area contributed by atoms with E-state index in [1.165, 1.54) is 11.8 Å². The second-order valence-corrected chi connectivity index (χ2v) is 6.24. The van der Waals surface area contributed by atoms with E-state index in [-0.39, 0.29) is 18.0 Å². The molecule has 0 aliphatic carbocycles. The third-order valence-electron chi connectivity index (χ3n) is 2.72. The van der Waals surface area contributed by atoms with Gasteiger partial charge in [0.1, 0.15) is 5.69 Å². The fourth-order valence-electron chi connectivity index (χ4n) is 1.63. The summed E-state index contributed by atoms with van der Waals surface area (Å²) in [6, 6.07) is -0.280. The Morgan fingerprint density at radius 3 is 2.28 bits per heavy atom. The van der Waals surface area contributed by atoms with Crippen molar-refractivity contribution in [3.05, 3.63) is 27.7 Å². The van der Waals surface area contributed by atoms with E-state index in [1.807, 2.05) is 0 Å². The minimum atomic E-state index is -4.63. The molecule has 0 saturated carbocycles. The highest BCUT2D eigenvalue weighted by atomic mass is 35.5. The standard InChI is InChI=1S/C14H13Cl2F3N2O3S/c1-3-24-13(23)12(10(22)6-25-2)21-20-11-8(15)4-7(5-9(11)16)14(17,18)19/h4-5,12H,3,6H2,1-2H3. The Bertz CT molecular complexity index is 643. The maximum atomic E-state index is 12.7. The molecule has 0 amide bonds. The van der Waals surface area contributed by atoms with Crippen LogP contribution in [-0.4, -0.2) is 36.4 Å². The van der Waals surface area contributed by atoms with Gasteiger partial charge < -0.3 is 4.74 Å². The molecule has 1 aromatic carbocycles. The van der Waals surface area contributed by atoms with Crippen LogP contribution in [0.15, 0.2) is 22.4 Å². The molecule has 0 spiro atoms. The van der Waals surface area contributed by atoms with Crippen molar-refractivity contribution in [1.82, 2.24) is 0 Å². The van der Waals surface area contributed by atoms with E-state index in [9.17, 15) is 22.8 Å². The first-order chi connectivity index (χ1) is 11.6. The third-order valence-corrected chi connectivity index (χ3v) is 3.87. The average Bonchev–Trinajstić information content (AvgIpc) is 2.49. The number of ether oxygens (including phenoxy) is 1. The summed E-state index contributed by atoms with van der Waals surface area (Å²) in [5.74, 6) is -1.49. The second kappa shape index (κ2) is 9.40. The molecule has 0 aliphatic heterocycles. The zero-order chi connectivity index (χ0) is 19.2. The maximum Gasteiger partial charge on any atom is 0.416 e. The van der Waals surface area contributed by atoms with E-state index in [0.29, 0.717) is 12.1 Å². The lowest BCUT2D eigenvalue weighted by molar-refractivity contribution is -0.147. The van der Waals surface area contributed by atoms with Gasteiger partial charge in [0.25, 0.3) is 0 Å². The SMILES string of the molecule is CCOC(=O)C(N=Nc1c(Cl)cc(C(F)(F)F)cc1Cl)C(=O)CSC. The number of esters is 1.